The fourth-order valence-corrected chi connectivity index (χ4v) is 10.3. The van der Waals surface area contributed by atoms with Crippen LogP contribution in [0, 0.1) is 11.8 Å². The predicted octanol–water partition coefficient (Wildman–Crippen LogP) is 4.94. The van der Waals surface area contributed by atoms with E-state index in [-0.39, 0.29) is 17.7 Å². The molecule has 2 atom stereocenters. The van der Waals surface area contributed by atoms with Crippen molar-refractivity contribution in [2.45, 2.75) is 38.5 Å². The van der Waals surface area contributed by atoms with Crippen molar-refractivity contribution in [3.63, 3.8) is 0 Å². The van der Waals surface area contributed by atoms with E-state index in [1.54, 1.807) is 71.8 Å². The zero-order valence-electron chi connectivity index (χ0n) is 33.7. The van der Waals surface area contributed by atoms with Gasteiger partial charge in [0.05, 0.1) is 55.7 Å². The molecule has 1 amide bonds. The van der Waals surface area contributed by atoms with Crippen molar-refractivity contribution in [1.82, 2.24) is 59.3 Å². The first-order chi connectivity index (χ1) is 29.7. The minimum atomic E-state index is -0.740. The number of nitrogens with one attached hydrogen (secondary N) is 3. The number of amides is 1. The Kier molecular flexibility index (Phi) is 11.0. The van der Waals surface area contributed by atoms with Crippen LogP contribution >= 0.6 is 22.7 Å². The maximum absolute atomic E-state index is 12.7. The Balaban J connectivity index is 0.000000158. The molecule has 0 bridgehead atoms. The minimum absolute atomic E-state index is 0.0110. The Hall–Kier alpha value is -6.58. The molecule has 2 aliphatic carbocycles. The molecule has 0 unspecified atom stereocenters. The van der Waals surface area contributed by atoms with Crippen molar-refractivity contribution < 1.29 is 24.2 Å². The maximum atomic E-state index is 12.7. The number of ether oxygens (including phenoxy) is 2. The van der Waals surface area contributed by atoms with Crippen molar-refractivity contribution in [2.24, 2.45) is 11.8 Å². The smallest absolute Gasteiger partial charge is 0.306 e. The molecule has 8 aromatic heterocycles. The van der Waals surface area contributed by atoms with E-state index in [0.29, 0.717) is 71.9 Å². The average Bonchev–Trinajstić information content (AvgIpc) is 4.07. The van der Waals surface area contributed by atoms with Crippen LogP contribution in [-0.2, 0) is 35.3 Å². The largest absolute Gasteiger partial charge is 0.491 e. The summed E-state index contributed by atoms with van der Waals surface area (Å²) in [6.07, 6.45) is 14.2. The highest BCUT2D eigenvalue weighted by atomic mass is 32.1. The van der Waals surface area contributed by atoms with Gasteiger partial charge in [0, 0.05) is 40.9 Å². The summed E-state index contributed by atoms with van der Waals surface area (Å²) < 4.78 is 14.3. The molecule has 2 aliphatic rings. The maximum Gasteiger partial charge on any atom is 0.306 e. The lowest BCUT2D eigenvalue weighted by Crippen LogP contribution is -2.37. The van der Waals surface area contributed by atoms with Gasteiger partial charge in [0.15, 0.2) is 34.4 Å². The summed E-state index contributed by atoms with van der Waals surface area (Å²) >= 11 is 3.18. The third-order valence-electron chi connectivity index (χ3n) is 10.9. The van der Waals surface area contributed by atoms with Gasteiger partial charge in [-0.15, -0.1) is 22.7 Å². The standard InChI is InChI=1S/C22H26N8O2S.C18H16N6O3S/c1-29(2)9-8-23-21(31)13-4-5-14-16(10-13)33-22-18(14)20(24-12-25-22)28-19-15(32-3)11-30-17(27-19)6-7-26-30;1-27-11-7-24-13(4-5-21-24)22-15(11)23-16-14-10-3-2-9(18(25)26)6-12(10)28-17(14)20-8-19-16/h6-7,11-13H,4-5,8-10H2,1-3H3,(H,23,31)(H,24,25,27,28);4-5,7-9H,2-3,6H2,1H3,(H,25,26)(H,19,20,22,23)/t13-;9-/m00/s1. The van der Waals surface area contributed by atoms with Gasteiger partial charge in [0.2, 0.25) is 5.91 Å². The lowest BCUT2D eigenvalue weighted by Gasteiger charge is -2.22. The van der Waals surface area contributed by atoms with Gasteiger partial charge in [0.1, 0.15) is 34.0 Å². The second kappa shape index (κ2) is 16.8. The normalized spacial score (nSPS) is 16.0. The topological polar surface area (TPSA) is 224 Å². The lowest BCUT2D eigenvalue weighted by atomic mass is 9.87. The van der Waals surface area contributed by atoms with Crippen LogP contribution in [0.3, 0.4) is 0 Å². The van der Waals surface area contributed by atoms with E-state index >= 15 is 0 Å². The van der Waals surface area contributed by atoms with E-state index in [1.807, 2.05) is 20.2 Å². The SMILES string of the molecule is COc1cn2nccc2nc1Nc1ncnc2sc3c(c12)CC[C@H](C(=O)NCCN(C)C)C3.COc1cn2nccc2nc1Nc1ncnc2sc3c(c12)CC[C@H](C(=O)O)C3. The number of aromatic nitrogens is 10. The van der Waals surface area contributed by atoms with Crippen molar-refractivity contribution in [3.8, 4) is 11.5 Å². The van der Waals surface area contributed by atoms with Crippen LogP contribution in [-0.4, -0.2) is 112 Å². The van der Waals surface area contributed by atoms with Crippen LogP contribution in [0.5, 0.6) is 11.5 Å². The summed E-state index contributed by atoms with van der Waals surface area (Å²) in [4.78, 5) is 57.2. The van der Waals surface area contributed by atoms with Gasteiger partial charge in [-0.1, -0.05) is 0 Å². The first-order valence-corrected chi connectivity index (χ1v) is 21.3. The number of aliphatic carboxylic acids is 1. The summed E-state index contributed by atoms with van der Waals surface area (Å²) in [6.45, 7) is 1.50. The van der Waals surface area contributed by atoms with Crippen LogP contribution in [0.4, 0.5) is 23.3 Å². The highest BCUT2D eigenvalue weighted by Crippen LogP contribution is 2.42. The molecule has 314 valence electrons. The van der Waals surface area contributed by atoms with Crippen molar-refractivity contribution in [1.29, 1.82) is 0 Å². The zero-order valence-corrected chi connectivity index (χ0v) is 35.4. The number of anilines is 4. The van der Waals surface area contributed by atoms with Crippen molar-refractivity contribution >= 4 is 89.5 Å². The van der Waals surface area contributed by atoms with Crippen LogP contribution in [0.25, 0.3) is 31.7 Å². The molecule has 0 aliphatic heterocycles. The molecule has 8 aromatic rings. The van der Waals surface area contributed by atoms with E-state index in [9.17, 15) is 14.7 Å². The van der Waals surface area contributed by atoms with Gasteiger partial charge in [-0.25, -0.2) is 38.9 Å². The molecule has 10 rings (SSSR count). The third-order valence-corrected chi connectivity index (χ3v) is 13.2. The van der Waals surface area contributed by atoms with Gasteiger partial charge < -0.3 is 35.4 Å². The first-order valence-electron chi connectivity index (χ1n) is 19.6. The van der Waals surface area contributed by atoms with E-state index in [4.69, 9.17) is 9.47 Å². The molecule has 0 spiro atoms. The number of nitrogens with zero attached hydrogens (tertiary/aromatic N) is 11. The predicted molar refractivity (Wildman–Crippen MR) is 231 cm³/mol. The third kappa shape index (κ3) is 7.93. The molecule has 0 fully saturated rings. The number of thiophene rings is 2. The molecular formula is C40H42N14O5S2. The van der Waals surface area contributed by atoms with Crippen LogP contribution in [0.2, 0.25) is 0 Å². The second-order valence-corrected chi connectivity index (χ2v) is 17.1. The van der Waals surface area contributed by atoms with E-state index in [2.05, 4.69) is 61.0 Å². The number of likely N-dealkylation sites (N-methyl/N-ethyl adjacent to an activating group) is 1. The molecule has 0 radical (unpaired) electrons. The fraction of sp³-hybridized carbons (Fsp3) is 0.350. The Bertz CT molecular complexity index is 2920. The average molecular weight is 863 g/mol. The van der Waals surface area contributed by atoms with Gasteiger partial charge in [-0.2, -0.15) is 10.2 Å². The number of hydrogen-bond acceptors (Lipinski definition) is 17. The number of hydrogen-bond donors (Lipinski definition) is 4. The Morgan fingerprint density at radius 1 is 0.770 bits per heavy atom. The van der Waals surface area contributed by atoms with Gasteiger partial charge in [-0.3, -0.25) is 9.59 Å². The zero-order chi connectivity index (χ0) is 42.2. The summed E-state index contributed by atoms with van der Waals surface area (Å²) in [5.41, 5.74) is 3.74. The second-order valence-electron chi connectivity index (χ2n) is 15.0. The van der Waals surface area contributed by atoms with Crippen LogP contribution < -0.4 is 25.4 Å². The molecule has 0 saturated carbocycles. The summed E-state index contributed by atoms with van der Waals surface area (Å²) in [7, 11) is 7.18. The molecule has 61 heavy (non-hydrogen) atoms. The summed E-state index contributed by atoms with van der Waals surface area (Å²) in [5, 5.41) is 29.4. The summed E-state index contributed by atoms with van der Waals surface area (Å²) in [6, 6.07) is 3.63. The minimum Gasteiger partial charge on any atom is -0.491 e. The molecule has 8 heterocycles. The van der Waals surface area contributed by atoms with Crippen molar-refractivity contribution in [2.75, 3.05) is 52.0 Å². The number of fused-ring (bicyclic) bond motifs is 8. The number of rotatable bonds is 11. The first kappa shape index (κ1) is 39.9. The highest BCUT2D eigenvalue weighted by molar-refractivity contribution is 7.19. The van der Waals surface area contributed by atoms with Crippen molar-refractivity contribution in [3.05, 3.63) is 70.5 Å². The highest BCUT2D eigenvalue weighted by Gasteiger charge is 2.31. The molecule has 19 nitrogen and oxygen atoms in total. The number of carbonyl (C=O) groups is 2. The van der Waals surface area contributed by atoms with Gasteiger partial charge in [-0.05, 0) is 63.7 Å². The number of methoxy groups -OCH3 is 2. The van der Waals surface area contributed by atoms with Gasteiger partial charge in [0.25, 0.3) is 0 Å². The summed E-state index contributed by atoms with van der Waals surface area (Å²) in [5.74, 6) is 2.60. The van der Waals surface area contributed by atoms with E-state index in [0.717, 1.165) is 56.7 Å². The number of carboxylic acids is 1. The molecule has 4 N–H and O–H groups in total. The lowest BCUT2D eigenvalue weighted by molar-refractivity contribution is -0.142. The number of carbonyl (C=O) groups excluding carboxylic acids is 1. The monoisotopic (exact) mass is 862 g/mol. The van der Waals surface area contributed by atoms with E-state index in [1.165, 1.54) is 28.1 Å². The molecular weight excluding hydrogens is 821 g/mol. The van der Waals surface area contributed by atoms with Crippen LogP contribution in [0.1, 0.15) is 33.7 Å². The van der Waals surface area contributed by atoms with E-state index < -0.39 is 5.97 Å². The fourth-order valence-electron chi connectivity index (χ4n) is 7.77. The van der Waals surface area contributed by atoms with Crippen LogP contribution in [0.15, 0.2) is 49.6 Å². The Labute approximate surface area is 356 Å². The number of aryl methyl sites for hydroxylation is 2. The molecule has 0 saturated heterocycles. The Morgan fingerprint density at radius 3 is 1.77 bits per heavy atom. The quantitative estimate of drug-likeness (QED) is 0.135. The molecule has 0 aromatic carbocycles. The van der Waals surface area contributed by atoms with Gasteiger partial charge >= 0.3 is 5.97 Å². The Morgan fingerprint density at radius 2 is 1.28 bits per heavy atom. The molecule has 21 heteroatoms. The number of carboxylic acid groups (broad SMARTS) is 1.